The number of carbonyl (C=O) groups excluding carboxylic acids is 2. The van der Waals surface area contributed by atoms with E-state index in [1.807, 2.05) is 30.5 Å². The molecule has 3 rings (SSSR count). The average Bonchev–Trinajstić information content (AvgIpc) is 3.04. The molecule has 30 heavy (non-hydrogen) atoms. The number of thiazole rings is 1. The molecule has 8 nitrogen and oxygen atoms in total. The third kappa shape index (κ3) is 5.14. The molecule has 0 fully saturated rings. The first-order valence-corrected chi connectivity index (χ1v) is 11.1. The number of non-ortho nitro benzene ring substituents is 1. The van der Waals surface area contributed by atoms with Crippen molar-refractivity contribution in [3.05, 3.63) is 62.9 Å². The highest BCUT2D eigenvalue weighted by Gasteiger charge is 2.15. The molecule has 156 valence electrons. The molecule has 3 aromatic rings. The summed E-state index contributed by atoms with van der Waals surface area (Å²) in [6, 6.07) is 11.9. The second-order valence-corrected chi connectivity index (χ2v) is 8.10. The zero-order chi connectivity index (χ0) is 21.7. The summed E-state index contributed by atoms with van der Waals surface area (Å²) < 4.78 is 7.12. The first-order valence-electron chi connectivity index (χ1n) is 9.05. The Morgan fingerprint density at radius 3 is 2.60 bits per heavy atom. The van der Waals surface area contributed by atoms with Crippen LogP contribution in [0.3, 0.4) is 0 Å². The number of benzene rings is 2. The van der Waals surface area contributed by atoms with E-state index in [1.54, 1.807) is 29.3 Å². The number of ether oxygens (including phenoxy) is 1. The molecule has 0 bridgehead atoms. The van der Waals surface area contributed by atoms with Crippen molar-refractivity contribution in [2.24, 2.45) is 4.99 Å². The van der Waals surface area contributed by atoms with E-state index < -0.39 is 10.9 Å². The predicted octanol–water partition coefficient (Wildman–Crippen LogP) is 3.57. The van der Waals surface area contributed by atoms with Gasteiger partial charge in [-0.15, -0.1) is 11.8 Å². The van der Waals surface area contributed by atoms with Crippen LogP contribution < -0.4 is 4.80 Å². The summed E-state index contributed by atoms with van der Waals surface area (Å²) in [5.74, 6) is -0.845. The number of rotatable bonds is 7. The molecule has 0 aliphatic rings. The van der Waals surface area contributed by atoms with Crippen LogP contribution in [0.25, 0.3) is 10.2 Å². The van der Waals surface area contributed by atoms with Crippen LogP contribution in [0.1, 0.15) is 12.5 Å². The van der Waals surface area contributed by atoms with Gasteiger partial charge < -0.3 is 9.30 Å². The fourth-order valence-corrected chi connectivity index (χ4v) is 4.30. The number of nitro groups is 1. The molecule has 10 heteroatoms. The van der Waals surface area contributed by atoms with Crippen LogP contribution in [-0.2, 0) is 27.3 Å². The Balaban J connectivity index is 1.99. The van der Waals surface area contributed by atoms with Gasteiger partial charge in [0.15, 0.2) is 4.80 Å². The third-order valence-corrected chi connectivity index (χ3v) is 5.99. The van der Waals surface area contributed by atoms with Crippen LogP contribution in [-0.4, -0.2) is 34.2 Å². The number of amides is 1. The summed E-state index contributed by atoms with van der Waals surface area (Å²) in [7, 11) is 0. The number of aromatic nitrogens is 1. The molecular formula is C20H19N3O5S2. The summed E-state index contributed by atoms with van der Waals surface area (Å²) in [4.78, 5) is 40.8. The molecule has 0 N–H and O–H groups in total. The SMILES string of the molecule is CCOC(=O)Cn1c(=NC(=O)Cc2ccc(SC)cc2)sc2cc([N+](=O)[O-])ccc21. The molecule has 0 radical (unpaired) electrons. The lowest BCUT2D eigenvalue weighted by Gasteiger charge is -2.05. The molecule has 1 heterocycles. The molecule has 0 aliphatic heterocycles. The fraction of sp³-hybridized carbons (Fsp3) is 0.250. The Hall–Kier alpha value is -2.98. The second kappa shape index (κ2) is 9.68. The largest absolute Gasteiger partial charge is 0.465 e. The fourth-order valence-electron chi connectivity index (χ4n) is 2.81. The molecule has 2 aromatic carbocycles. The van der Waals surface area contributed by atoms with Crippen LogP contribution in [0.2, 0.25) is 0 Å². The molecule has 0 aliphatic carbocycles. The van der Waals surface area contributed by atoms with Crippen LogP contribution >= 0.6 is 23.1 Å². The van der Waals surface area contributed by atoms with Crippen molar-refractivity contribution in [3.63, 3.8) is 0 Å². The first-order chi connectivity index (χ1) is 14.4. The van der Waals surface area contributed by atoms with Crippen molar-refractivity contribution in [2.45, 2.75) is 24.8 Å². The molecule has 0 unspecified atom stereocenters. The van der Waals surface area contributed by atoms with Crippen molar-refractivity contribution < 1.29 is 19.2 Å². The van der Waals surface area contributed by atoms with Gasteiger partial charge in [0.2, 0.25) is 0 Å². The zero-order valence-electron chi connectivity index (χ0n) is 16.4. The highest BCUT2D eigenvalue weighted by Crippen LogP contribution is 2.23. The number of hydrogen-bond donors (Lipinski definition) is 0. The Kier molecular flexibility index (Phi) is 7.01. The third-order valence-electron chi connectivity index (χ3n) is 4.20. The van der Waals surface area contributed by atoms with E-state index in [1.165, 1.54) is 12.1 Å². The molecule has 1 amide bonds. The van der Waals surface area contributed by atoms with Gasteiger partial charge in [0.25, 0.3) is 11.6 Å². The van der Waals surface area contributed by atoms with Gasteiger partial charge in [-0.1, -0.05) is 23.5 Å². The number of hydrogen-bond acceptors (Lipinski definition) is 7. The molecular weight excluding hydrogens is 426 g/mol. The van der Waals surface area contributed by atoms with Gasteiger partial charge in [-0.25, -0.2) is 0 Å². The van der Waals surface area contributed by atoms with Crippen LogP contribution in [0, 0.1) is 10.1 Å². The quantitative estimate of drug-likeness (QED) is 0.238. The van der Waals surface area contributed by atoms with Crippen molar-refractivity contribution in [1.29, 1.82) is 0 Å². The van der Waals surface area contributed by atoms with Crippen molar-refractivity contribution in [3.8, 4) is 0 Å². The number of nitro benzene ring substituents is 1. The van der Waals surface area contributed by atoms with Crippen LogP contribution in [0.5, 0.6) is 0 Å². The highest BCUT2D eigenvalue weighted by molar-refractivity contribution is 7.98. The van der Waals surface area contributed by atoms with Gasteiger partial charge in [-0.05, 0) is 36.9 Å². The maximum Gasteiger partial charge on any atom is 0.326 e. The van der Waals surface area contributed by atoms with E-state index in [0.29, 0.717) is 15.0 Å². The first kappa shape index (κ1) is 21.7. The van der Waals surface area contributed by atoms with E-state index in [0.717, 1.165) is 21.8 Å². The monoisotopic (exact) mass is 445 g/mol. The summed E-state index contributed by atoms with van der Waals surface area (Å²) in [6.45, 7) is 1.79. The number of thioether (sulfide) groups is 1. The molecule has 0 spiro atoms. The standard InChI is InChI=1S/C20H19N3O5S2/c1-3-28-19(25)12-22-16-9-6-14(23(26)27)11-17(16)30-20(22)21-18(24)10-13-4-7-15(29-2)8-5-13/h4-9,11H,3,10,12H2,1-2H3. The normalized spacial score (nSPS) is 11.6. The van der Waals surface area contributed by atoms with Gasteiger partial charge in [0, 0.05) is 17.0 Å². The maximum atomic E-state index is 12.5. The number of esters is 1. The van der Waals surface area contributed by atoms with E-state index >= 15 is 0 Å². The molecule has 0 atom stereocenters. The number of nitrogens with zero attached hydrogens (tertiary/aromatic N) is 3. The topological polar surface area (TPSA) is 104 Å². The Morgan fingerprint density at radius 1 is 1.23 bits per heavy atom. The maximum absolute atomic E-state index is 12.5. The van der Waals surface area contributed by atoms with E-state index in [2.05, 4.69) is 4.99 Å². The van der Waals surface area contributed by atoms with Crippen LogP contribution in [0.15, 0.2) is 52.4 Å². The Bertz CT molecular complexity index is 1170. The number of carbonyl (C=O) groups is 2. The highest BCUT2D eigenvalue weighted by atomic mass is 32.2. The number of fused-ring (bicyclic) bond motifs is 1. The molecule has 1 aromatic heterocycles. The van der Waals surface area contributed by atoms with Gasteiger partial charge in [0.05, 0.1) is 28.2 Å². The van der Waals surface area contributed by atoms with Crippen molar-refractivity contribution in [1.82, 2.24) is 4.57 Å². The zero-order valence-corrected chi connectivity index (χ0v) is 18.0. The Labute approximate surface area is 180 Å². The van der Waals surface area contributed by atoms with E-state index in [4.69, 9.17) is 4.74 Å². The van der Waals surface area contributed by atoms with E-state index in [9.17, 15) is 19.7 Å². The van der Waals surface area contributed by atoms with Crippen molar-refractivity contribution in [2.75, 3.05) is 12.9 Å². The van der Waals surface area contributed by atoms with Gasteiger partial charge >= 0.3 is 5.97 Å². The van der Waals surface area contributed by atoms with Gasteiger partial charge in [0.1, 0.15) is 6.54 Å². The smallest absolute Gasteiger partial charge is 0.326 e. The lowest BCUT2D eigenvalue weighted by atomic mass is 10.1. The minimum absolute atomic E-state index is 0.0706. The lowest BCUT2D eigenvalue weighted by Crippen LogP contribution is -2.23. The minimum Gasteiger partial charge on any atom is -0.465 e. The van der Waals surface area contributed by atoms with Crippen LogP contribution in [0.4, 0.5) is 5.69 Å². The minimum atomic E-state index is -0.491. The predicted molar refractivity (Wildman–Crippen MR) is 116 cm³/mol. The Morgan fingerprint density at radius 2 is 1.97 bits per heavy atom. The second-order valence-electron chi connectivity index (χ2n) is 6.22. The summed E-state index contributed by atoms with van der Waals surface area (Å²) >= 11 is 2.73. The van der Waals surface area contributed by atoms with Gasteiger partial charge in [-0.2, -0.15) is 4.99 Å². The van der Waals surface area contributed by atoms with E-state index in [-0.39, 0.29) is 31.2 Å². The summed E-state index contributed by atoms with van der Waals surface area (Å²) in [5, 5.41) is 11.1. The average molecular weight is 446 g/mol. The lowest BCUT2D eigenvalue weighted by molar-refractivity contribution is -0.384. The molecule has 0 saturated heterocycles. The summed E-state index contributed by atoms with van der Waals surface area (Å²) in [6.07, 6.45) is 2.09. The summed E-state index contributed by atoms with van der Waals surface area (Å²) in [5.41, 5.74) is 1.34. The molecule has 0 saturated carbocycles. The van der Waals surface area contributed by atoms with Crippen molar-refractivity contribution >= 4 is 50.9 Å². The van der Waals surface area contributed by atoms with Gasteiger partial charge in [-0.3, -0.25) is 19.7 Å².